The maximum Gasteiger partial charge on any atom is 0.278 e. The lowest BCUT2D eigenvalue weighted by Crippen LogP contribution is -2.27. The van der Waals surface area contributed by atoms with Crippen molar-refractivity contribution in [1.82, 2.24) is 14.4 Å². The Bertz CT molecular complexity index is 1340. The minimum Gasteiger partial charge on any atom is -0.310 e. The molecule has 3 heterocycles. The van der Waals surface area contributed by atoms with Gasteiger partial charge in [-0.3, -0.25) is 9.20 Å². The lowest BCUT2D eigenvalue weighted by atomic mass is 10.0. The predicted octanol–water partition coefficient (Wildman–Crippen LogP) is 3.99. The Morgan fingerprint density at radius 3 is 2.45 bits per heavy atom. The minimum absolute atomic E-state index is 0.257. The molecule has 0 atom stereocenters. The fourth-order valence-corrected chi connectivity index (χ4v) is 3.45. The SMILES string of the molecule is CN(C(=O)c1cn2c(-c3ccc(C4=NN=CC4)cc3)cnc2cn1)c1ccc(F)cc1. The molecule has 2 aromatic carbocycles. The molecule has 1 amide bonds. The summed E-state index contributed by atoms with van der Waals surface area (Å²) in [5.74, 6) is -0.659. The summed E-state index contributed by atoms with van der Waals surface area (Å²) in [5.41, 5.74) is 5.22. The number of hydrogen-bond donors (Lipinski definition) is 0. The Morgan fingerprint density at radius 2 is 1.74 bits per heavy atom. The molecule has 1 aliphatic heterocycles. The first kappa shape index (κ1) is 18.8. The van der Waals surface area contributed by atoms with Crippen LogP contribution >= 0.6 is 0 Å². The van der Waals surface area contributed by atoms with Crippen LogP contribution in [0.4, 0.5) is 10.1 Å². The summed E-state index contributed by atoms with van der Waals surface area (Å²) >= 11 is 0. The number of anilines is 1. The normalized spacial score (nSPS) is 12.9. The highest BCUT2D eigenvalue weighted by molar-refractivity contribution is 6.09. The zero-order valence-electron chi connectivity index (χ0n) is 16.6. The second-order valence-corrected chi connectivity index (χ2v) is 7.11. The molecule has 0 saturated heterocycles. The number of imidazole rings is 1. The first-order chi connectivity index (χ1) is 15.1. The van der Waals surface area contributed by atoms with E-state index in [1.807, 2.05) is 28.7 Å². The van der Waals surface area contributed by atoms with Gasteiger partial charge in [0.2, 0.25) is 0 Å². The van der Waals surface area contributed by atoms with Gasteiger partial charge in [-0.05, 0) is 29.8 Å². The van der Waals surface area contributed by atoms with E-state index in [4.69, 9.17) is 0 Å². The Kier molecular flexibility index (Phi) is 4.59. The molecule has 0 saturated carbocycles. The van der Waals surface area contributed by atoms with Gasteiger partial charge in [-0.2, -0.15) is 10.2 Å². The molecule has 5 rings (SSSR count). The standard InChI is InChI=1S/C23H17FN6O/c1-29(18-8-6-17(24)7-9-18)23(31)20-14-30-21(12-26-22(30)13-25-20)16-4-2-15(3-5-16)19-10-11-27-28-19/h2-9,11-14H,10H2,1H3. The van der Waals surface area contributed by atoms with Crippen LogP contribution in [0.5, 0.6) is 0 Å². The van der Waals surface area contributed by atoms with Crippen molar-refractivity contribution in [3.05, 3.63) is 84.2 Å². The van der Waals surface area contributed by atoms with Crippen LogP contribution in [0.2, 0.25) is 0 Å². The van der Waals surface area contributed by atoms with Gasteiger partial charge >= 0.3 is 0 Å². The largest absolute Gasteiger partial charge is 0.310 e. The Morgan fingerprint density at radius 1 is 1.00 bits per heavy atom. The van der Waals surface area contributed by atoms with Crippen molar-refractivity contribution in [2.45, 2.75) is 6.42 Å². The molecular weight excluding hydrogens is 395 g/mol. The molecule has 0 unspecified atom stereocenters. The lowest BCUT2D eigenvalue weighted by Gasteiger charge is -2.17. The molecule has 0 fully saturated rings. The number of carbonyl (C=O) groups excluding carboxylic acids is 1. The van der Waals surface area contributed by atoms with Crippen molar-refractivity contribution in [2.24, 2.45) is 10.2 Å². The Hall–Kier alpha value is -4.20. The molecular formula is C23H17FN6O. The topological polar surface area (TPSA) is 75.2 Å². The maximum atomic E-state index is 13.2. The van der Waals surface area contributed by atoms with Crippen molar-refractivity contribution < 1.29 is 9.18 Å². The third kappa shape index (κ3) is 3.48. The van der Waals surface area contributed by atoms with Crippen molar-refractivity contribution in [3.63, 3.8) is 0 Å². The van der Waals surface area contributed by atoms with Crippen LogP contribution in [-0.4, -0.2) is 39.2 Å². The van der Waals surface area contributed by atoms with Gasteiger partial charge in [-0.15, -0.1) is 0 Å². The minimum atomic E-state index is -0.356. The fourth-order valence-electron chi connectivity index (χ4n) is 3.45. The first-order valence-electron chi connectivity index (χ1n) is 9.66. The molecule has 0 bridgehead atoms. The molecule has 0 spiro atoms. The van der Waals surface area contributed by atoms with Gasteiger partial charge < -0.3 is 4.90 Å². The highest BCUT2D eigenvalue weighted by Crippen LogP contribution is 2.23. The summed E-state index contributed by atoms with van der Waals surface area (Å²) in [5, 5.41) is 8.03. The Labute approximate surface area is 177 Å². The van der Waals surface area contributed by atoms with Gasteiger partial charge in [0.25, 0.3) is 5.91 Å². The first-order valence-corrected chi connectivity index (χ1v) is 9.66. The van der Waals surface area contributed by atoms with E-state index in [1.54, 1.807) is 44.0 Å². The molecule has 1 aliphatic rings. The third-order valence-corrected chi connectivity index (χ3v) is 5.19. The van der Waals surface area contributed by atoms with E-state index < -0.39 is 0 Å². The van der Waals surface area contributed by atoms with E-state index in [2.05, 4.69) is 20.2 Å². The molecule has 0 radical (unpaired) electrons. The molecule has 4 aromatic rings. The van der Waals surface area contributed by atoms with Crippen molar-refractivity contribution >= 4 is 29.2 Å². The van der Waals surface area contributed by atoms with Gasteiger partial charge in [-0.1, -0.05) is 24.3 Å². The monoisotopic (exact) mass is 412 g/mol. The van der Waals surface area contributed by atoms with E-state index in [0.717, 1.165) is 29.0 Å². The number of aromatic nitrogens is 3. The van der Waals surface area contributed by atoms with E-state index in [0.29, 0.717) is 11.3 Å². The van der Waals surface area contributed by atoms with E-state index >= 15 is 0 Å². The number of benzene rings is 2. The second-order valence-electron chi connectivity index (χ2n) is 7.11. The van der Waals surface area contributed by atoms with Crippen LogP contribution in [-0.2, 0) is 0 Å². The average molecular weight is 412 g/mol. The smallest absolute Gasteiger partial charge is 0.278 e. The van der Waals surface area contributed by atoms with Gasteiger partial charge in [0.05, 0.1) is 23.8 Å². The van der Waals surface area contributed by atoms with E-state index in [-0.39, 0.29) is 17.4 Å². The average Bonchev–Trinajstić information content (AvgIpc) is 3.49. The summed E-state index contributed by atoms with van der Waals surface area (Å²) in [6.45, 7) is 0. The number of hydrogen-bond acceptors (Lipinski definition) is 5. The predicted molar refractivity (Wildman–Crippen MR) is 117 cm³/mol. The van der Waals surface area contributed by atoms with Crippen LogP contribution in [0.25, 0.3) is 16.9 Å². The molecule has 31 heavy (non-hydrogen) atoms. The molecule has 8 heteroatoms. The van der Waals surface area contributed by atoms with Gasteiger partial charge in [0.15, 0.2) is 5.65 Å². The summed E-state index contributed by atoms with van der Waals surface area (Å²) in [6.07, 6.45) is 7.49. The van der Waals surface area contributed by atoms with Crippen LogP contribution in [0.15, 0.2) is 77.3 Å². The van der Waals surface area contributed by atoms with Crippen LogP contribution in [0.1, 0.15) is 22.5 Å². The van der Waals surface area contributed by atoms with E-state index in [1.165, 1.54) is 17.0 Å². The summed E-state index contributed by atoms with van der Waals surface area (Å²) in [6, 6.07) is 13.7. The van der Waals surface area contributed by atoms with Crippen molar-refractivity contribution in [1.29, 1.82) is 0 Å². The second kappa shape index (κ2) is 7.56. The lowest BCUT2D eigenvalue weighted by molar-refractivity contribution is 0.0988. The summed E-state index contributed by atoms with van der Waals surface area (Å²) < 4.78 is 15.0. The number of nitrogens with zero attached hydrogens (tertiary/aromatic N) is 6. The van der Waals surface area contributed by atoms with Crippen molar-refractivity contribution in [2.75, 3.05) is 11.9 Å². The third-order valence-electron chi connectivity index (χ3n) is 5.19. The van der Waals surface area contributed by atoms with Crippen LogP contribution < -0.4 is 4.90 Å². The van der Waals surface area contributed by atoms with E-state index in [9.17, 15) is 9.18 Å². The highest BCUT2D eigenvalue weighted by atomic mass is 19.1. The van der Waals surface area contributed by atoms with Crippen LogP contribution in [0, 0.1) is 5.82 Å². The number of fused-ring (bicyclic) bond motifs is 1. The number of rotatable bonds is 4. The summed E-state index contributed by atoms with van der Waals surface area (Å²) in [4.78, 5) is 23.0. The summed E-state index contributed by atoms with van der Waals surface area (Å²) in [7, 11) is 1.63. The molecule has 0 aliphatic carbocycles. The zero-order chi connectivity index (χ0) is 21.4. The molecule has 7 nitrogen and oxygen atoms in total. The zero-order valence-corrected chi connectivity index (χ0v) is 16.6. The fraction of sp³-hybridized carbons (Fsp3) is 0.0870. The highest BCUT2D eigenvalue weighted by Gasteiger charge is 2.17. The van der Waals surface area contributed by atoms with Crippen molar-refractivity contribution in [3.8, 4) is 11.3 Å². The quantitative estimate of drug-likeness (QED) is 0.509. The number of carbonyl (C=O) groups is 1. The van der Waals surface area contributed by atoms with Gasteiger partial charge in [0.1, 0.15) is 11.5 Å². The number of amides is 1. The molecule has 152 valence electrons. The number of halogens is 1. The molecule has 2 aromatic heterocycles. The van der Waals surface area contributed by atoms with Gasteiger partial charge in [0, 0.05) is 37.1 Å². The van der Waals surface area contributed by atoms with Gasteiger partial charge in [-0.25, -0.2) is 14.4 Å². The Balaban J connectivity index is 1.47. The maximum absolute atomic E-state index is 13.2. The van der Waals surface area contributed by atoms with Crippen LogP contribution in [0.3, 0.4) is 0 Å². The molecule has 0 N–H and O–H groups in total.